The van der Waals surface area contributed by atoms with Crippen molar-refractivity contribution in [1.29, 1.82) is 0 Å². The van der Waals surface area contributed by atoms with Gasteiger partial charge in [-0.3, -0.25) is 4.79 Å². The number of sulfonamides is 1. The quantitative estimate of drug-likeness (QED) is 0.505. The smallest absolute Gasteiger partial charge is 0.475 e. The molecule has 0 unspecified atom stereocenters. The Morgan fingerprint density at radius 3 is 2.08 bits per heavy atom. The highest BCUT2D eigenvalue weighted by Crippen LogP contribution is 2.14. The molecule has 2 fully saturated rings. The van der Waals surface area contributed by atoms with E-state index in [1.165, 1.54) is 23.6 Å². The summed E-state index contributed by atoms with van der Waals surface area (Å²) in [5, 5.41) is 10.9. The van der Waals surface area contributed by atoms with Gasteiger partial charge in [-0.2, -0.15) is 17.5 Å². The molecule has 2 aliphatic heterocycles. The molecule has 14 heteroatoms. The van der Waals surface area contributed by atoms with Crippen LogP contribution in [-0.2, 0) is 14.8 Å². The van der Waals surface area contributed by atoms with Gasteiger partial charge in [-0.1, -0.05) is 18.0 Å². The van der Waals surface area contributed by atoms with Crippen molar-refractivity contribution in [3.63, 3.8) is 0 Å². The molecule has 0 aliphatic carbocycles. The van der Waals surface area contributed by atoms with Crippen molar-refractivity contribution in [3.05, 3.63) is 34.9 Å². The van der Waals surface area contributed by atoms with Crippen LogP contribution in [0.1, 0.15) is 29.6 Å². The molecule has 3 rings (SSSR count). The van der Waals surface area contributed by atoms with Crippen LogP contribution in [0.3, 0.4) is 0 Å². The van der Waals surface area contributed by atoms with Crippen LogP contribution in [0.5, 0.6) is 0 Å². The van der Waals surface area contributed by atoms with Gasteiger partial charge in [0.15, 0.2) is 0 Å². The van der Waals surface area contributed by atoms with Gasteiger partial charge in [0.25, 0.3) is 5.91 Å². The standard InChI is InChI=1S/C20H31ClN4O3S.C2HF3O2/c21-19-6-4-18(5-7-19)20(26)24(15-14-23-10-2-1-3-11-23)16-17-29(27,28)25-12-8-22-9-13-25;3-2(4,5)1(6)7/h4-7,22H,1-3,8-17H2;(H,6,7). The number of carboxylic acids is 1. The Hall–Kier alpha value is -1.93. The summed E-state index contributed by atoms with van der Waals surface area (Å²) in [6.07, 6.45) is -1.46. The molecular formula is C22H32ClF3N4O5S. The van der Waals surface area contributed by atoms with Gasteiger partial charge in [-0.25, -0.2) is 13.2 Å². The van der Waals surface area contributed by atoms with Crippen LogP contribution in [0.2, 0.25) is 5.02 Å². The van der Waals surface area contributed by atoms with Crippen molar-refractivity contribution in [3.8, 4) is 0 Å². The predicted octanol–water partition coefficient (Wildman–Crippen LogP) is 2.14. The van der Waals surface area contributed by atoms with Gasteiger partial charge in [0, 0.05) is 56.4 Å². The van der Waals surface area contributed by atoms with Crippen molar-refractivity contribution in [2.45, 2.75) is 25.4 Å². The fourth-order valence-electron chi connectivity index (χ4n) is 3.81. The highest BCUT2D eigenvalue weighted by Gasteiger charge is 2.38. The second kappa shape index (κ2) is 14.1. The number of carbonyl (C=O) groups excluding carboxylic acids is 1. The van der Waals surface area contributed by atoms with Crippen LogP contribution in [-0.4, -0.2) is 110 Å². The maximum Gasteiger partial charge on any atom is 0.490 e. The number of piperazine rings is 1. The second-order valence-corrected chi connectivity index (χ2v) is 11.0. The van der Waals surface area contributed by atoms with E-state index in [0.29, 0.717) is 43.3 Å². The minimum atomic E-state index is -5.08. The normalized spacial score (nSPS) is 17.7. The van der Waals surface area contributed by atoms with Gasteiger partial charge in [0.05, 0.1) is 5.75 Å². The molecule has 2 saturated heterocycles. The van der Waals surface area contributed by atoms with Crippen molar-refractivity contribution in [1.82, 2.24) is 19.4 Å². The van der Waals surface area contributed by atoms with E-state index in [9.17, 15) is 26.4 Å². The number of halogens is 4. The lowest BCUT2D eigenvalue weighted by molar-refractivity contribution is -0.192. The Morgan fingerprint density at radius 2 is 1.56 bits per heavy atom. The van der Waals surface area contributed by atoms with Crippen LogP contribution in [0.15, 0.2) is 24.3 Å². The van der Waals surface area contributed by atoms with Gasteiger partial charge in [-0.15, -0.1) is 0 Å². The van der Waals surface area contributed by atoms with E-state index in [1.807, 2.05) is 0 Å². The fourth-order valence-corrected chi connectivity index (χ4v) is 5.39. The van der Waals surface area contributed by atoms with E-state index >= 15 is 0 Å². The van der Waals surface area contributed by atoms with Crippen molar-refractivity contribution >= 4 is 33.5 Å². The first-order chi connectivity index (χ1) is 16.9. The number of amides is 1. The van der Waals surface area contributed by atoms with Crippen molar-refractivity contribution in [2.24, 2.45) is 0 Å². The maximum atomic E-state index is 13.1. The summed E-state index contributed by atoms with van der Waals surface area (Å²) in [6, 6.07) is 6.77. The number of aliphatic carboxylic acids is 1. The third kappa shape index (κ3) is 10.2. The monoisotopic (exact) mass is 556 g/mol. The average molecular weight is 557 g/mol. The zero-order chi connectivity index (χ0) is 26.8. The number of hydrogen-bond donors (Lipinski definition) is 2. The molecule has 204 valence electrons. The zero-order valence-electron chi connectivity index (χ0n) is 19.8. The summed E-state index contributed by atoms with van der Waals surface area (Å²) in [7, 11) is -3.38. The molecular weight excluding hydrogens is 525 g/mol. The second-order valence-electron chi connectivity index (χ2n) is 8.47. The number of carboxylic acid groups (broad SMARTS) is 1. The van der Waals surface area contributed by atoms with Gasteiger partial charge < -0.3 is 20.2 Å². The largest absolute Gasteiger partial charge is 0.490 e. The van der Waals surface area contributed by atoms with Gasteiger partial charge in [-0.05, 0) is 50.2 Å². The van der Waals surface area contributed by atoms with Crippen LogP contribution in [0.25, 0.3) is 0 Å². The lowest BCUT2D eigenvalue weighted by atomic mass is 10.1. The molecule has 0 spiro atoms. The van der Waals surface area contributed by atoms with E-state index in [-0.39, 0.29) is 18.2 Å². The molecule has 36 heavy (non-hydrogen) atoms. The van der Waals surface area contributed by atoms with E-state index in [2.05, 4.69) is 10.2 Å². The van der Waals surface area contributed by atoms with Crippen LogP contribution in [0.4, 0.5) is 13.2 Å². The number of hydrogen-bond acceptors (Lipinski definition) is 6. The third-order valence-corrected chi connectivity index (χ3v) is 7.95. The van der Waals surface area contributed by atoms with Gasteiger partial charge >= 0.3 is 12.1 Å². The summed E-state index contributed by atoms with van der Waals surface area (Å²) < 4.78 is 58.7. The molecule has 1 aromatic rings. The zero-order valence-corrected chi connectivity index (χ0v) is 21.4. The third-order valence-electron chi connectivity index (χ3n) is 5.84. The van der Waals surface area contributed by atoms with E-state index in [4.69, 9.17) is 21.5 Å². The molecule has 0 atom stereocenters. The number of piperidine rings is 1. The average Bonchev–Trinajstić information content (AvgIpc) is 2.85. The summed E-state index contributed by atoms with van der Waals surface area (Å²) in [5.74, 6) is -2.95. The molecule has 0 bridgehead atoms. The number of nitrogens with one attached hydrogen (secondary N) is 1. The Morgan fingerprint density at radius 1 is 1.00 bits per heavy atom. The predicted molar refractivity (Wildman–Crippen MR) is 130 cm³/mol. The van der Waals surface area contributed by atoms with Crippen molar-refractivity contribution in [2.75, 3.05) is 64.7 Å². The molecule has 9 nitrogen and oxygen atoms in total. The Kier molecular flexibility index (Phi) is 11.9. The number of alkyl halides is 3. The molecule has 0 saturated carbocycles. The molecule has 1 aromatic carbocycles. The molecule has 2 aliphatic rings. The van der Waals surface area contributed by atoms with Crippen LogP contribution in [0, 0.1) is 0 Å². The first-order valence-electron chi connectivity index (χ1n) is 11.7. The van der Waals surface area contributed by atoms with E-state index < -0.39 is 22.2 Å². The first-order valence-corrected chi connectivity index (χ1v) is 13.6. The maximum absolute atomic E-state index is 13.1. The summed E-state index contributed by atoms with van der Waals surface area (Å²) in [5.41, 5.74) is 0.535. The number of nitrogens with zero attached hydrogens (tertiary/aromatic N) is 3. The molecule has 1 amide bonds. The van der Waals surface area contributed by atoms with Gasteiger partial charge in [0.2, 0.25) is 10.0 Å². The molecule has 0 aromatic heterocycles. The van der Waals surface area contributed by atoms with E-state index in [1.54, 1.807) is 29.2 Å². The fraction of sp³-hybridized carbons (Fsp3) is 0.636. The first kappa shape index (κ1) is 30.3. The summed E-state index contributed by atoms with van der Waals surface area (Å²) in [6.45, 7) is 5.89. The summed E-state index contributed by atoms with van der Waals surface area (Å²) in [4.78, 5) is 26.0. The molecule has 2 heterocycles. The Bertz CT molecular complexity index is 951. The van der Waals surface area contributed by atoms with Crippen LogP contribution >= 0.6 is 11.6 Å². The summed E-state index contributed by atoms with van der Waals surface area (Å²) >= 11 is 5.94. The Balaban J connectivity index is 0.000000572. The Labute approximate surface area is 214 Å². The number of benzene rings is 1. The topological polar surface area (TPSA) is 110 Å². The molecule has 0 radical (unpaired) electrons. The minimum absolute atomic E-state index is 0.0493. The number of carbonyl (C=O) groups is 2. The number of rotatable bonds is 8. The van der Waals surface area contributed by atoms with Crippen LogP contribution < -0.4 is 5.32 Å². The van der Waals surface area contributed by atoms with E-state index in [0.717, 1.165) is 19.6 Å². The highest BCUT2D eigenvalue weighted by molar-refractivity contribution is 7.89. The SMILES string of the molecule is O=C(O)C(F)(F)F.O=C(c1ccc(Cl)cc1)N(CCN1CCCCC1)CCS(=O)(=O)N1CCNCC1. The molecule has 2 N–H and O–H groups in total. The van der Waals surface area contributed by atoms with Crippen molar-refractivity contribution < 1.29 is 36.3 Å². The number of likely N-dealkylation sites (tertiary alicyclic amines) is 1. The van der Waals surface area contributed by atoms with Gasteiger partial charge in [0.1, 0.15) is 0 Å². The minimum Gasteiger partial charge on any atom is -0.475 e. The lowest BCUT2D eigenvalue weighted by Gasteiger charge is -2.31. The lowest BCUT2D eigenvalue weighted by Crippen LogP contribution is -2.49. The highest BCUT2D eigenvalue weighted by atomic mass is 35.5.